The van der Waals surface area contributed by atoms with Crippen molar-refractivity contribution in [2.75, 3.05) is 26.2 Å². The van der Waals surface area contributed by atoms with E-state index in [1.165, 1.54) is 0 Å². The van der Waals surface area contributed by atoms with Gasteiger partial charge in [-0.3, -0.25) is 0 Å². The van der Waals surface area contributed by atoms with Crippen LogP contribution in [0.2, 0.25) is 0 Å². The van der Waals surface area contributed by atoms with Gasteiger partial charge in [0.2, 0.25) is 0 Å². The van der Waals surface area contributed by atoms with Gasteiger partial charge in [-0.2, -0.15) is 0 Å². The number of rotatable bonds is 14. The number of benzene rings is 2. The van der Waals surface area contributed by atoms with E-state index in [-0.39, 0.29) is 6.54 Å². The molecular weight excluding hydrogens is 604 g/mol. The van der Waals surface area contributed by atoms with Crippen molar-refractivity contribution >= 4 is 66.0 Å². The molecule has 0 fully saturated rings. The first kappa shape index (κ1) is 32.1. The fourth-order valence-corrected chi connectivity index (χ4v) is 6.84. The maximum absolute atomic E-state index is 11.3. The molecule has 2 aromatic rings. The van der Waals surface area contributed by atoms with Gasteiger partial charge in [-0.15, -0.1) is 0 Å². The first-order chi connectivity index (χ1) is 16.7. The third-order valence-electron chi connectivity index (χ3n) is 4.40. The van der Waals surface area contributed by atoms with E-state index in [0.29, 0.717) is 12.2 Å². The third kappa shape index (κ3) is 13.6. The van der Waals surface area contributed by atoms with Crippen molar-refractivity contribution < 1.29 is 38.1 Å². The summed E-state index contributed by atoms with van der Waals surface area (Å²) in [5.74, 6) is 1.33. The van der Waals surface area contributed by atoms with Crippen LogP contribution < -0.4 is 9.05 Å². The molecule has 18 heteroatoms. The van der Waals surface area contributed by atoms with Crippen molar-refractivity contribution in [1.82, 2.24) is 9.68 Å². The molecule has 0 aromatic heterocycles. The molecule has 0 aliphatic carbocycles. The van der Waals surface area contributed by atoms with Crippen LogP contribution in [0.3, 0.4) is 0 Å². The molecule has 0 aliphatic heterocycles. The Hall–Kier alpha value is -0.130. The van der Waals surface area contributed by atoms with Gasteiger partial charge in [0.15, 0.2) is 0 Å². The molecule has 0 saturated carbocycles. The number of hydrogen-bond acceptors (Lipinski definition) is 9. The number of hydrazone groups is 1. The van der Waals surface area contributed by atoms with E-state index >= 15 is 0 Å². The van der Waals surface area contributed by atoms with E-state index in [1.54, 1.807) is 42.3 Å². The van der Waals surface area contributed by atoms with Gasteiger partial charge < -0.3 is 4.52 Å². The summed E-state index contributed by atoms with van der Waals surface area (Å²) in [5.41, 5.74) is 1.71. The summed E-state index contributed by atoms with van der Waals surface area (Å²) in [7, 11) is -4.52. The average Bonchev–Trinajstić information content (AvgIpc) is 2.75. The van der Waals surface area contributed by atoms with Crippen molar-refractivity contribution in [2.24, 2.45) is 5.10 Å². The molecule has 0 bridgehead atoms. The summed E-state index contributed by atoms with van der Waals surface area (Å²) in [5, 5.41) is 4.36. The molecule has 3 unspecified atom stereocenters. The van der Waals surface area contributed by atoms with Crippen LogP contribution in [0.5, 0.6) is 11.5 Å². The summed E-state index contributed by atoms with van der Waals surface area (Å²) < 4.78 is 24.3. The van der Waals surface area contributed by atoms with E-state index in [4.69, 9.17) is 20.9 Å². The SMILES string of the molecule is CN(/N=C/c1ccc(OP(P)P)cc1)[PH](=S)Oc1ccc(CCN(CP(=O)(O)O)C[PH](O)(O)O)cc1. The second-order valence-electron chi connectivity index (χ2n) is 7.68. The molecule has 11 nitrogen and oxygen atoms in total. The van der Waals surface area contributed by atoms with Crippen LogP contribution in [0, 0.1) is 0 Å². The zero-order valence-electron chi connectivity index (χ0n) is 19.3. The first-order valence-corrected chi connectivity index (χ1v) is 21.1. The van der Waals surface area contributed by atoms with E-state index in [0.717, 1.165) is 21.8 Å². The summed E-state index contributed by atoms with van der Waals surface area (Å²) in [6.45, 7) is 0.110. The molecule has 2 rings (SSSR count). The molecule has 0 saturated heterocycles. The van der Waals surface area contributed by atoms with Crippen LogP contribution in [0.4, 0.5) is 0 Å². The van der Waals surface area contributed by atoms with Crippen LogP contribution >= 0.6 is 48.0 Å². The Kier molecular flexibility index (Phi) is 13.3. The Labute approximate surface area is 222 Å². The monoisotopic (exact) mass is 635 g/mol. The Morgan fingerprint density at radius 2 is 1.69 bits per heavy atom. The molecule has 202 valence electrons. The molecule has 0 spiro atoms. The van der Waals surface area contributed by atoms with Crippen LogP contribution in [-0.2, 0) is 22.8 Å². The van der Waals surface area contributed by atoms with Gasteiger partial charge in [-0.1, -0.05) is 17.9 Å². The number of nitrogens with zero attached hydrogens (tertiary/aromatic N) is 3. The summed E-state index contributed by atoms with van der Waals surface area (Å²) in [6.07, 6.45) is 0.765. The fourth-order valence-electron chi connectivity index (χ4n) is 2.88. The van der Waals surface area contributed by atoms with Gasteiger partial charge >= 0.3 is 151 Å². The summed E-state index contributed by atoms with van der Waals surface area (Å²) >= 11 is 5.47. The van der Waals surface area contributed by atoms with Crippen molar-refractivity contribution in [3.05, 3.63) is 59.7 Å². The fraction of sp³-hybridized carbons (Fsp3) is 0.278. The molecule has 36 heavy (non-hydrogen) atoms. The van der Waals surface area contributed by atoms with Crippen molar-refractivity contribution in [2.45, 2.75) is 6.42 Å². The predicted octanol–water partition coefficient (Wildman–Crippen LogP) is 3.30. The third-order valence-corrected chi connectivity index (χ3v) is 9.19. The topological polar surface area (TPSA) is 156 Å². The summed E-state index contributed by atoms with van der Waals surface area (Å²) in [4.78, 5) is 47.4. The van der Waals surface area contributed by atoms with E-state index in [9.17, 15) is 29.0 Å². The van der Waals surface area contributed by atoms with Crippen LogP contribution in [0.25, 0.3) is 0 Å². The second kappa shape index (κ2) is 14.9. The van der Waals surface area contributed by atoms with Gasteiger partial charge in [0.05, 0.1) is 6.21 Å². The molecule has 2 aromatic carbocycles. The zero-order valence-corrected chi connectivity index (χ0v) is 26.2. The number of hydrogen-bond donors (Lipinski definition) is 5. The standard InChI is InChI=1S/C18H31N3O8P6S/c1-20(19-12-16-4-8-18(9-5-16)29-33(30)31)32(36)28-17-6-2-15(3-7-17)10-11-21(13-34(22,23)24)14-35(25,26)27/h2-9,12,22-24,32,34H,10-11,13-14,30-31H2,1H3,(H2,25,26,27)/b19-12+. The van der Waals surface area contributed by atoms with Crippen molar-refractivity contribution in [1.29, 1.82) is 0 Å². The van der Waals surface area contributed by atoms with Crippen molar-refractivity contribution in [3.63, 3.8) is 0 Å². The Bertz CT molecular complexity index is 1070. The maximum atomic E-state index is 11.3. The average molecular weight is 635 g/mol. The Morgan fingerprint density at radius 3 is 2.22 bits per heavy atom. The van der Waals surface area contributed by atoms with Gasteiger partial charge in [0.25, 0.3) is 0 Å². The minimum absolute atomic E-state index is 0.110. The predicted molar refractivity (Wildman–Crippen MR) is 159 cm³/mol. The second-order valence-corrected chi connectivity index (χ2v) is 19.3. The minimum atomic E-state index is -4.50. The van der Waals surface area contributed by atoms with E-state index in [1.807, 2.05) is 24.3 Å². The van der Waals surface area contributed by atoms with Crippen LogP contribution in [-0.4, -0.2) is 66.5 Å². The molecule has 5 N–H and O–H groups in total. The van der Waals surface area contributed by atoms with E-state index < -0.39 is 42.7 Å². The van der Waals surface area contributed by atoms with Crippen molar-refractivity contribution in [3.8, 4) is 11.5 Å². The normalized spacial score (nSPS) is 13.8. The van der Waals surface area contributed by atoms with E-state index in [2.05, 4.69) is 23.0 Å². The molecule has 0 aliphatic rings. The quantitative estimate of drug-likeness (QED) is 0.118. The molecule has 3 atom stereocenters. The Balaban J connectivity index is 1.89. The van der Waals surface area contributed by atoms with Gasteiger partial charge in [0, 0.05) is 0 Å². The van der Waals surface area contributed by atoms with Gasteiger partial charge in [-0.25, -0.2) is 0 Å². The molecule has 0 radical (unpaired) electrons. The molecule has 0 heterocycles. The van der Waals surface area contributed by atoms with Gasteiger partial charge in [0.1, 0.15) is 13.3 Å². The molecule has 0 amide bonds. The molecular formula is C18H31N3O8P6S. The first-order valence-electron chi connectivity index (χ1n) is 10.3. The van der Waals surface area contributed by atoms with Gasteiger partial charge in [-0.05, 0) is 29.8 Å². The Morgan fingerprint density at radius 1 is 1.11 bits per heavy atom. The van der Waals surface area contributed by atoms with Crippen LogP contribution in [0.1, 0.15) is 11.1 Å². The zero-order chi connectivity index (χ0) is 26.9. The summed E-state index contributed by atoms with van der Waals surface area (Å²) in [6, 6.07) is 14.5. The van der Waals surface area contributed by atoms with Crippen LogP contribution in [0.15, 0.2) is 53.6 Å².